The van der Waals surface area contributed by atoms with Crippen LogP contribution in [-0.2, 0) is 0 Å². The Morgan fingerprint density at radius 1 is 1.35 bits per heavy atom. The summed E-state index contributed by atoms with van der Waals surface area (Å²) in [6, 6.07) is 2.45. The molecule has 0 aromatic carbocycles. The number of hydrogen-bond acceptors (Lipinski definition) is 4. The molecule has 0 amide bonds. The van der Waals surface area contributed by atoms with Gasteiger partial charge in [-0.1, -0.05) is 25.4 Å². The molecular weight excluding hydrogens is 272 g/mol. The molecule has 1 unspecified atom stereocenters. The molecule has 1 N–H and O–H groups in total. The molecule has 4 nitrogen and oxygen atoms in total. The van der Waals surface area contributed by atoms with Gasteiger partial charge in [-0.25, -0.2) is 9.97 Å². The fourth-order valence-electron chi connectivity index (χ4n) is 2.53. The van der Waals surface area contributed by atoms with Gasteiger partial charge in [0.25, 0.3) is 0 Å². The highest BCUT2D eigenvalue weighted by atomic mass is 35.5. The molecule has 0 aliphatic carbocycles. The SMILES string of the molecule is CC(C)c1nc(Cl)cc(NCC2CCN(C(C)C)C2)n1. The highest BCUT2D eigenvalue weighted by Gasteiger charge is 2.23. The average molecular weight is 297 g/mol. The molecule has 1 aliphatic heterocycles. The van der Waals surface area contributed by atoms with Gasteiger partial charge >= 0.3 is 0 Å². The molecule has 20 heavy (non-hydrogen) atoms. The van der Waals surface area contributed by atoms with Crippen LogP contribution in [0.4, 0.5) is 5.82 Å². The van der Waals surface area contributed by atoms with E-state index in [2.05, 4.69) is 47.9 Å². The fourth-order valence-corrected chi connectivity index (χ4v) is 2.72. The summed E-state index contributed by atoms with van der Waals surface area (Å²) in [6.07, 6.45) is 1.25. The van der Waals surface area contributed by atoms with Gasteiger partial charge in [-0.3, -0.25) is 0 Å². The molecule has 1 fully saturated rings. The third-order valence-corrected chi connectivity index (χ3v) is 4.04. The van der Waals surface area contributed by atoms with E-state index in [0.29, 0.717) is 17.1 Å². The van der Waals surface area contributed by atoms with Crippen molar-refractivity contribution in [2.24, 2.45) is 5.92 Å². The Balaban J connectivity index is 1.91. The molecular formula is C15H25ClN4. The van der Waals surface area contributed by atoms with E-state index in [9.17, 15) is 0 Å². The highest BCUT2D eigenvalue weighted by molar-refractivity contribution is 6.29. The van der Waals surface area contributed by atoms with Crippen molar-refractivity contribution in [3.63, 3.8) is 0 Å². The normalized spacial score (nSPS) is 20.1. The second-order valence-electron chi connectivity index (χ2n) is 6.21. The third-order valence-electron chi connectivity index (χ3n) is 3.85. The summed E-state index contributed by atoms with van der Waals surface area (Å²) < 4.78 is 0. The lowest BCUT2D eigenvalue weighted by molar-refractivity contribution is 0.266. The van der Waals surface area contributed by atoms with Crippen molar-refractivity contribution in [3.05, 3.63) is 17.0 Å². The fraction of sp³-hybridized carbons (Fsp3) is 0.733. The number of halogens is 1. The van der Waals surface area contributed by atoms with Crippen LogP contribution in [0.2, 0.25) is 5.15 Å². The van der Waals surface area contributed by atoms with Crippen molar-refractivity contribution >= 4 is 17.4 Å². The van der Waals surface area contributed by atoms with Gasteiger partial charge in [0.05, 0.1) is 0 Å². The van der Waals surface area contributed by atoms with Gasteiger partial charge in [-0.05, 0) is 32.7 Å². The monoisotopic (exact) mass is 296 g/mol. The van der Waals surface area contributed by atoms with Gasteiger partial charge in [-0.2, -0.15) is 0 Å². The van der Waals surface area contributed by atoms with Crippen molar-refractivity contribution in [1.29, 1.82) is 0 Å². The standard InChI is InChI=1S/C15H25ClN4/c1-10(2)15-18-13(16)7-14(19-15)17-8-12-5-6-20(9-12)11(3)4/h7,10-12H,5-6,8-9H2,1-4H3,(H,17,18,19). The predicted octanol–water partition coefficient (Wildman–Crippen LogP) is 3.40. The average Bonchev–Trinajstić information content (AvgIpc) is 2.84. The molecule has 1 saturated heterocycles. The van der Waals surface area contributed by atoms with Crippen LogP contribution < -0.4 is 5.32 Å². The molecule has 0 spiro atoms. The molecule has 1 atom stereocenters. The van der Waals surface area contributed by atoms with Crippen LogP contribution >= 0.6 is 11.6 Å². The Kier molecular flexibility index (Phi) is 5.22. The number of nitrogens with zero attached hydrogens (tertiary/aromatic N) is 3. The van der Waals surface area contributed by atoms with Gasteiger partial charge < -0.3 is 10.2 Å². The molecule has 1 aromatic heterocycles. The molecule has 1 aliphatic rings. The summed E-state index contributed by atoms with van der Waals surface area (Å²) in [5, 5.41) is 3.94. The van der Waals surface area contributed by atoms with Crippen LogP contribution in [0.3, 0.4) is 0 Å². The Bertz CT molecular complexity index is 447. The number of likely N-dealkylation sites (tertiary alicyclic amines) is 1. The lowest BCUT2D eigenvalue weighted by Crippen LogP contribution is -2.29. The first-order chi connectivity index (χ1) is 9.45. The maximum absolute atomic E-state index is 6.05. The van der Waals surface area contributed by atoms with E-state index in [1.165, 1.54) is 19.5 Å². The minimum absolute atomic E-state index is 0.289. The van der Waals surface area contributed by atoms with Crippen LogP contribution in [0.25, 0.3) is 0 Å². The second-order valence-corrected chi connectivity index (χ2v) is 6.60. The van der Waals surface area contributed by atoms with E-state index in [1.807, 2.05) is 6.07 Å². The first-order valence-electron chi connectivity index (χ1n) is 7.48. The quantitative estimate of drug-likeness (QED) is 0.846. The number of hydrogen-bond donors (Lipinski definition) is 1. The van der Waals surface area contributed by atoms with Crippen LogP contribution in [0, 0.1) is 5.92 Å². The summed E-state index contributed by atoms with van der Waals surface area (Å²) in [7, 11) is 0. The van der Waals surface area contributed by atoms with Crippen molar-refractivity contribution in [2.45, 2.75) is 46.1 Å². The topological polar surface area (TPSA) is 41.1 Å². The zero-order valence-electron chi connectivity index (χ0n) is 12.9. The minimum atomic E-state index is 0.289. The molecule has 112 valence electrons. The third kappa shape index (κ3) is 4.06. The van der Waals surface area contributed by atoms with Gasteiger partial charge in [0.15, 0.2) is 0 Å². The lowest BCUT2D eigenvalue weighted by atomic mass is 10.1. The molecule has 5 heteroatoms. The number of aromatic nitrogens is 2. The molecule has 0 bridgehead atoms. The zero-order valence-corrected chi connectivity index (χ0v) is 13.6. The Labute approximate surface area is 126 Å². The largest absolute Gasteiger partial charge is 0.370 e. The van der Waals surface area contributed by atoms with Crippen molar-refractivity contribution in [2.75, 3.05) is 25.0 Å². The van der Waals surface area contributed by atoms with E-state index in [0.717, 1.165) is 18.2 Å². The summed E-state index contributed by atoms with van der Waals surface area (Å²) in [6.45, 7) is 12.0. The van der Waals surface area contributed by atoms with E-state index in [-0.39, 0.29) is 5.92 Å². The van der Waals surface area contributed by atoms with Crippen molar-refractivity contribution in [1.82, 2.24) is 14.9 Å². The van der Waals surface area contributed by atoms with Crippen molar-refractivity contribution in [3.8, 4) is 0 Å². The maximum Gasteiger partial charge on any atom is 0.135 e. The molecule has 2 heterocycles. The molecule has 0 saturated carbocycles. The van der Waals surface area contributed by atoms with Gasteiger partial charge in [-0.15, -0.1) is 0 Å². The molecule has 1 aromatic rings. The maximum atomic E-state index is 6.05. The van der Waals surface area contributed by atoms with Crippen molar-refractivity contribution < 1.29 is 0 Å². The Morgan fingerprint density at radius 2 is 2.10 bits per heavy atom. The molecule has 0 radical (unpaired) electrons. The van der Waals surface area contributed by atoms with Crippen LogP contribution in [0.15, 0.2) is 6.07 Å². The van der Waals surface area contributed by atoms with Crippen LogP contribution in [-0.4, -0.2) is 40.5 Å². The highest BCUT2D eigenvalue weighted by Crippen LogP contribution is 2.21. The van der Waals surface area contributed by atoms with Gasteiger partial charge in [0.1, 0.15) is 16.8 Å². The number of nitrogens with one attached hydrogen (secondary N) is 1. The van der Waals surface area contributed by atoms with E-state index >= 15 is 0 Å². The smallest absolute Gasteiger partial charge is 0.135 e. The number of rotatable bonds is 5. The van der Waals surface area contributed by atoms with E-state index < -0.39 is 0 Å². The van der Waals surface area contributed by atoms with Crippen LogP contribution in [0.1, 0.15) is 45.9 Å². The van der Waals surface area contributed by atoms with Crippen LogP contribution in [0.5, 0.6) is 0 Å². The second kappa shape index (κ2) is 6.72. The van der Waals surface area contributed by atoms with Gasteiger partial charge in [0, 0.05) is 31.1 Å². The Morgan fingerprint density at radius 3 is 2.70 bits per heavy atom. The summed E-state index contributed by atoms with van der Waals surface area (Å²) in [5.41, 5.74) is 0. The molecule has 2 rings (SSSR count). The zero-order chi connectivity index (χ0) is 14.7. The first-order valence-corrected chi connectivity index (χ1v) is 7.86. The lowest BCUT2D eigenvalue weighted by Gasteiger charge is -2.20. The minimum Gasteiger partial charge on any atom is -0.370 e. The summed E-state index contributed by atoms with van der Waals surface area (Å²) in [4.78, 5) is 11.3. The van der Waals surface area contributed by atoms with E-state index in [4.69, 9.17) is 11.6 Å². The summed E-state index contributed by atoms with van der Waals surface area (Å²) in [5.74, 6) is 2.62. The first kappa shape index (κ1) is 15.5. The summed E-state index contributed by atoms with van der Waals surface area (Å²) >= 11 is 6.05. The van der Waals surface area contributed by atoms with Gasteiger partial charge in [0.2, 0.25) is 0 Å². The Hall–Kier alpha value is -0.870. The predicted molar refractivity (Wildman–Crippen MR) is 84.4 cm³/mol. The number of anilines is 1. The van der Waals surface area contributed by atoms with E-state index in [1.54, 1.807) is 0 Å².